The lowest BCUT2D eigenvalue weighted by Gasteiger charge is -2.39. The van der Waals surface area contributed by atoms with Crippen molar-refractivity contribution in [3.8, 4) is 6.07 Å². The third-order valence-corrected chi connectivity index (χ3v) is 4.60. The number of benzene rings is 1. The number of fused-ring (bicyclic) bond motifs is 2. The molecule has 0 saturated carbocycles. The largest absolute Gasteiger partial charge is 0.444 e. The number of carbonyl (C=O) groups excluding carboxylic acids is 1. The van der Waals surface area contributed by atoms with Crippen molar-refractivity contribution >= 4 is 11.7 Å². The second-order valence-electron chi connectivity index (χ2n) is 7.34. The van der Waals surface area contributed by atoms with Crippen molar-refractivity contribution in [2.24, 2.45) is 0 Å². The SMILES string of the molecule is CC(C)(C)OC(=O)N1CCC2(C=C(C#N)c3ccccc32)CC1. The first-order chi connectivity index (χ1) is 10.8. The van der Waals surface area contributed by atoms with Gasteiger partial charge in [-0.2, -0.15) is 5.26 Å². The molecule has 4 heteroatoms. The van der Waals surface area contributed by atoms with Crippen LogP contribution in [0.5, 0.6) is 0 Å². The van der Waals surface area contributed by atoms with Gasteiger partial charge in [0, 0.05) is 18.5 Å². The molecule has 3 rings (SSSR count). The van der Waals surface area contributed by atoms with Crippen LogP contribution in [0.15, 0.2) is 30.3 Å². The summed E-state index contributed by atoms with van der Waals surface area (Å²) in [4.78, 5) is 14.0. The summed E-state index contributed by atoms with van der Waals surface area (Å²) in [6, 6.07) is 10.4. The Labute approximate surface area is 137 Å². The highest BCUT2D eigenvalue weighted by Gasteiger charge is 2.42. The molecule has 1 saturated heterocycles. The van der Waals surface area contributed by atoms with E-state index in [2.05, 4.69) is 18.2 Å². The van der Waals surface area contributed by atoms with Crippen molar-refractivity contribution < 1.29 is 9.53 Å². The zero-order valence-electron chi connectivity index (χ0n) is 13.9. The van der Waals surface area contributed by atoms with Gasteiger partial charge in [0.1, 0.15) is 5.60 Å². The average molecular weight is 310 g/mol. The number of nitriles is 1. The first-order valence-corrected chi connectivity index (χ1v) is 8.05. The van der Waals surface area contributed by atoms with E-state index >= 15 is 0 Å². The van der Waals surface area contributed by atoms with Crippen LogP contribution in [0.4, 0.5) is 4.79 Å². The summed E-state index contributed by atoms with van der Waals surface area (Å²) < 4.78 is 5.46. The molecule has 0 atom stereocenters. The van der Waals surface area contributed by atoms with Gasteiger partial charge in [-0.15, -0.1) is 0 Å². The van der Waals surface area contributed by atoms with E-state index in [1.54, 1.807) is 4.90 Å². The Morgan fingerprint density at radius 2 is 1.91 bits per heavy atom. The van der Waals surface area contributed by atoms with E-state index in [0.29, 0.717) is 13.1 Å². The number of amides is 1. The molecule has 0 unspecified atom stereocenters. The van der Waals surface area contributed by atoms with Crippen LogP contribution >= 0.6 is 0 Å². The summed E-state index contributed by atoms with van der Waals surface area (Å²) in [5.41, 5.74) is 2.44. The number of ether oxygens (including phenoxy) is 1. The number of nitrogens with zero attached hydrogens (tertiary/aromatic N) is 2. The molecule has 4 nitrogen and oxygen atoms in total. The van der Waals surface area contributed by atoms with E-state index in [4.69, 9.17) is 4.74 Å². The Balaban J connectivity index is 1.78. The first kappa shape index (κ1) is 15.6. The van der Waals surface area contributed by atoms with Gasteiger partial charge < -0.3 is 9.64 Å². The summed E-state index contributed by atoms with van der Waals surface area (Å²) in [6.45, 7) is 6.94. The number of likely N-dealkylation sites (tertiary alicyclic amines) is 1. The fourth-order valence-corrected chi connectivity index (χ4v) is 3.50. The van der Waals surface area contributed by atoms with Gasteiger partial charge in [0.25, 0.3) is 0 Å². The normalized spacial score (nSPS) is 19.0. The highest BCUT2D eigenvalue weighted by molar-refractivity contribution is 5.85. The third kappa shape index (κ3) is 2.84. The van der Waals surface area contributed by atoms with Crippen LogP contribution in [-0.4, -0.2) is 29.7 Å². The topological polar surface area (TPSA) is 53.3 Å². The average Bonchev–Trinajstić information content (AvgIpc) is 2.81. The van der Waals surface area contributed by atoms with Gasteiger partial charge in [-0.25, -0.2) is 4.79 Å². The van der Waals surface area contributed by atoms with Gasteiger partial charge in [-0.1, -0.05) is 30.3 Å². The zero-order chi connectivity index (χ0) is 16.7. The van der Waals surface area contributed by atoms with Gasteiger partial charge in [0.2, 0.25) is 0 Å². The quantitative estimate of drug-likeness (QED) is 0.731. The second-order valence-corrected chi connectivity index (χ2v) is 7.34. The molecule has 1 aliphatic carbocycles. The molecule has 1 spiro atoms. The predicted octanol–water partition coefficient (Wildman–Crippen LogP) is 3.88. The number of carbonyl (C=O) groups is 1. The standard InChI is InChI=1S/C19H22N2O2/c1-18(2,3)23-17(22)21-10-8-19(9-11-21)12-14(13-20)15-6-4-5-7-16(15)19/h4-7,12H,8-11H2,1-3H3. The smallest absolute Gasteiger partial charge is 0.410 e. The molecule has 23 heavy (non-hydrogen) atoms. The van der Waals surface area contributed by atoms with E-state index in [0.717, 1.165) is 24.0 Å². The van der Waals surface area contributed by atoms with Crippen LogP contribution in [0, 0.1) is 11.3 Å². The zero-order valence-corrected chi connectivity index (χ0v) is 13.9. The summed E-state index contributed by atoms with van der Waals surface area (Å²) in [5, 5.41) is 9.39. The van der Waals surface area contributed by atoms with Crippen molar-refractivity contribution in [2.75, 3.05) is 13.1 Å². The lowest BCUT2D eigenvalue weighted by Crippen LogP contribution is -2.45. The van der Waals surface area contributed by atoms with Crippen molar-refractivity contribution in [2.45, 2.75) is 44.6 Å². The molecule has 120 valence electrons. The number of piperidine rings is 1. The van der Waals surface area contributed by atoms with Gasteiger partial charge >= 0.3 is 6.09 Å². The molecule has 1 aromatic carbocycles. The molecule has 0 radical (unpaired) electrons. The molecule has 1 heterocycles. The van der Waals surface area contributed by atoms with Gasteiger partial charge in [0.05, 0.1) is 11.6 Å². The molecule has 0 N–H and O–H groups in total. The van der Waals surface area contributed by atoms with E-state index in [1.807, 2.05) is 39.0 Å². The minimum atomic E-state index is -0.472. The van der Waals surface area contributed by atoms with Crippen LogP contribution in [0.2, 0.25) is 0 Å². The summed E-state index contributed by atoms with van der Waals surface area (Å²) >= 11 is 0. The van der Waals surface area contributed by atoms with Crippen LogP contribution < -0.4 is 0 Å². The van der Waals surface area contributed by atoms with Crippen molar-refractivity contribution in [3.63, 3.8) is 0 Å². The second kappa shape index (κ2) is 5.42. The Morgan fingerprint density at radius 3 is 2.52 bits per heavy atom. The molecule has 0 bridgehead atoms. The van der Waals surface area contributed by atoms with Gasteiger partial charge in [-0.3, -0.25) is 0 Å². The minimum Gasteiger partial charge on any atom is -0.444 e. The molecule has 1 aromatic rings. The lowest BCUT2D eigenvalue weighted by atomic mass is 9.74. The molecular formula is C19H22N2O2. The maximum absolute atomic E-state index is 12.2. The van der Waals surface area contributed by atoms with Crippen LogP contribution in [-0.2, 0) is 10.2 Å². The van der Waals surface area contributed by atoms with Crippen molar-refractivity contribution in [3.05, 3.63) is 41.5 Å². The number of hydrogen-bond acceptors (Lipinski definition) is 3. The fraction of sp³-hybridized carbons (Fsp3) is 0.474. The van der Waals surface area contributed by atoms with E-state index in [9.17, 15) is 10.1 Å². The predicted molar refractivity (Wildman–Crippen MR) is 88.8 cm³/mol. The van der Waals surface area contributed by atoms with Crippen molar-refractivity contribution in [1.82, 2.24) is 4.90 Å². The highest BCUT2D eigenvalue weighted by atomic mass is 16.6. The molecular weight excluding hydrogens is 288 g/mol. The molecule has 0 aromatic heterocycles. The molecule has 1 aliphatic heterocycles. The Kier molecular flexibility index (Phi) is 3.68. The number of rotatable bonds is 0. The van der Waals surface area contributed by atoms with E-state index in [-0.39, 0.29) is 11.5 Å². The number of hydrogen-bond donors (Lipinski definition) is 0. The first-order valence-electron chi connectivity index (χ1n) is 8.05. The summed E-state index contributed by atoms with van der Waals surface area (Å²) in [7, 11) is 0. The van der Waals surface area contributed by atoms with Crippen LogP contribution in [0.1, 0.15) is 44.7 Å². The number of allylic oxidation sites excluding steroid dienone is 2. The van der Waals surface area contributed by atoms with Gasteiger partial charge in [-0.05, 0) is 44.7 Å². The maximum atomic E-state index is 12.2. The summed E-state index contributed by atoms with van der Waals surface area (Å²) in [6.07, 6.45) is 3.51. The Hall–Kier alpha value is -2.28. The van der Waals surface area contributed by atoms with E-state index in [1.165, 1.54) is 5.56 Å². The highest BCUT2D eigenvalue weighted by Crippen LogP contribution is 2.46. The maximum Gasteiger partial charge on any atom is 0.410 e. The Morgan fingerprint density at radius 1 is 1.26 bits per heavy atom. The molecule has 1 fully saturated rings. The monoisotopic (exact) mass is 310 g/mol. The minimum absolute atomic E-state index is 0.111. The fourth-order valence-electron chi connectivity index (χ4n) is 3.50. The summed E-state index contributed by atoms with van der Waals surface area (Å²) in [5.74, 6) is 0. The Bertz CT molecular complexity index is 699. The molecule has 2 aliphatic rings. The lowest BCUT2D eigenvalue weighted by molar-refractivity contribution is 0.0184. The van der Waals surface area contributed by atoms with Crippen molar-refractivity contribution in [1.29, 1.82) is 5.26 Å². The third-order valence-electron chi connectivity index (χ3n) is 4.60. The van der Waals surface area contributed by atoms with E-state index < -0.39 is 5.60 Å². The van der Waals surface area contributed by atoms with Crippen LogP contribution in [0.25, 0.3) is 5.57 Å². The molecule has 1 amide bonds. The van der Waals surface area contributed by atoms with Crippen LogP contribution in [0.3, 0.4) is 0 Å². The van der Waals surface area contributed by atoms with Gasteiger partial charge in [0.15, 0.2) is 0 Å².